The van der Waals surface area contributed by atoms with Gasteiger partial charge in [0.25, 0.3) is 0 Å². The molecule has 1 heterocycles. The van der Waals surface area contributed by atoms with Gasteiger partial charge in [0.15, 0.2) is 0 Å². The van der Waals surface area contributed by atoms with E-state index in [1.165, 1.54) is 23.9 Å². The molecule has 0 aromatic carbocycles. The van der Waals surface area contributed by atoms with Crippen LogP contribution in [0.1, 0.15) is 11.8 Å². The monoisotopic (exact) mass is 295 g/mol. The number of allylic oxidation sites excluding steroid dienone is 1. The Hall–Kier alpha value is -0.400. The molecule has 0 saturated heterocycles. The van der Waals surface area contributed by atoms with Crippen LogP contribution in [0.2, 0.25) is 4.34 Å². The normalized spacial score (nSPS) is 13.0. The molecule has 0 aliphatic heterocycles. The second kappa shape index (κ2) is 6.51. The van der Waals surface area contributed by atoms with Gasteiger partial charge in [-0.3, -0.25) is 0 Å². The van der Waals surface area contributed by atoms with Crippen LogP contribution < -0.4 is 4.72 Å². The largest absolute Gasteiger partial charge is 0.383 e. The van der Waals surface area contributed by atoms with Crippen LogP contribution in [0.3, 0.4) is 0 Å². The molecule has 7 heteroatoms. The summed E-state index contributed by atoms with van der Waals surface area (Å²) >= 11 is 7.13. The molecular weight excluding hydrogens is 282 g/mol. The zero-order valence-electron chi connectivity index (χ0n) is 9.57. The quantitative estimate of drug-likeness (QED) is 0.820. The average Bonchev–Trinajstić information content (AvgIpc) is 2.64. The lowest BCUT2D eigenvalue weighted by atomic mass is 10.3. The summed E-state index contributed by atoms with van der Waals surface area (Å²) in [5, 5.41) is 1.20. The third kappa shape index (κ3) is 5.18. The van der Waals surface area contributed by atoms with Crippen molar-refractivity contribution < 1.29 is 13.2 Å². The van der Waals surface area contributed by atoms with Crippen LogP contribution in [-0.4, -0.2) is 28.7 Å². The Morgan fingerprint density at radius 3 is 2.82 bits per heavy atom. The fraction of sp³-hybridized carbons (Fsp3) is 0.400. The lowest BCUT2D eigenvalue weighted by Gasteiger charge is -2.03. The Labute approximate surface area is 110 Å². The number of hydrogen-bond donors (Lipinski definition) is 1. The molecule has 17 heavy (non-hydrogen) atoms. The molecule has 1 rings (SSSR count). The Bertz CT molecular complexity index is 493. The van der Waals surface area contributed by atoms with Crippen molar-refractivity contribution in [1.82, 2.24) is 4.72 Å². The number of nitrogens with one attached hydrogen (secondary N) is 1. The smallest absolute Gasteiger partial charge is 0.234 e. The van der Waals surface area contributed by atoms with Gasteiger partial charge in [-0.15, -0.1) is 11.3 Å². The Kier molecular flexibility index (Phi) is 5.61. The summed E-state index contributed by atoms with van der Waals surface area (Å²) in [5.74, 6) is 0. The minimum Gasteiger partial charge on any atom is -0.383 e. The van der Waals surface area contributed by atoms with E-state index in [2.05, 4.69) is 4.72 Å². The molecule has 0 aliphatic rings. The molecule has 0 aliphatic carbocycles. The van der Waals surface area contributed by atoms with Gasteiger partial charge < -0.3 is 4.74 Å². The van der Waals surface area contributed by atoms with Crippen molar-refractivity contribution in [3.05, 3.63) is 26.8 Å². The molecule has 0 saturated carbocycles. The highest BCUT2D eigenvalue weighted by Gasteiger charge is 2.08. The highest BCUT2D eigenvalue weighted by Crippen LogP contribution is 2.27. The summed E-state index contributed by atoms with van der Waals surface area (Å²) < 4.78 is 31.1. The predicted octanol–water partition coefficient (Wildman–Crippen LogP) is 2.33. The van der Waals surface area contributed by atoms with E-state index in [9.17, 15) is 8.42 Å². The topological polar surface area (TPSA) is 55.4 Å². The number of halogens is 1. The molecule has 0 spiro atoms. The third-order valence-corrected chi connectivity index (χ3v) is 4.54. The minimum atomic E-state index is -3.42. The van der Waals surface area contributed by atoms with Crippen molar-refractivity contribution in [2.75, 3.05) is 20.3 Å². The van der Waals surface area contributed by atoms with E-state index in [-0.39, 0.29) is 6.54 Å². The van der Waals surface area contributed by atoms with Crippen LogP contribution in [0, 0.1) is 0 Å². The van der Waals surface area contributed by atoms with Crippen molar-refractivity contribution in [3.63, 3.8) is 0 Å². The maximum atomic E-state index is 11.6. The minimum absolute atomic E-state index is 0.258. The van der Waals surface area contributed by atoms with Gasteiger partial charge in [-0.2, -0.15) is 0 Å². The van der Waals surface area contributed by atoms with Crippen LogP contribution in [0.4, 0.5) is 0 Å². The lowest BCUT2D eigenvalue weighted by molar-refractivity contribution is 0.204. The van der Waals surface area contributed by atoms with Crippen LogP contribution in [-0.2, 0) is 14.8 Å². The molecule has 1 aromatic rings. The SMILES string of the molecule is COCCNS(=O)(=O)/C=C(\C)c1ccc(Cl)s1. The maximum Gasteiger partial charge on any atom is 0.234 e. The summed E-state index contributed by atoms with van der Waals surface area (Å²) in [6.07, 6.45) is 0. The van der Waals surface area contributed by atoms with Crippen molar-refractivity contribution >= 4 is 38.5 Å². The first-order chi connectivity index (χ1) is 7.94. The van der Waals surface area contributed by atoms with Gasteiger partial charge in [-0.05, 0) is 24.6 Å². The molecule has 0 radical (unpaired) electrons. The standard InChI is InChI=1S/C10H14ClNO3S2/c1-8(9-3-4-10(11)16-9)7-17(13,14)12-5-6-15-2/h3-4,7,12H,5-6H2,1-2H3/b8-7+. The molecule has 96 valence electrons. The van der Waals surface area contributed by atoms with E-state index in [1.807, 2.05) is 0 Å². The van der Waals surface area contributed by atoms with Crippen molar-refractivity contribution in [3.8, 4) is 0 Å². The van der Waals surface area contributed by atoms with Gasteiger partial charge in [0.1, 0.15) is 0 Å². The molecule has 4 nitrogen and oxygen atoms in total. The van der Waals surface area contributed by atoms with E-state index in [1.54, 1.807) is 19.1 Å². The molecular formula is C10H14ClNO3S2. The second-order valence-corrected chi connectivity index (χ2v) is 6.67. The first-order valence-electron chi connectivity index (χ1n) is 4.87. The molecule has 0 unspecified atom stereocenters. The van der Waals surface area contributed by atoms with Crippen LogP contribution >= 0.6 is 22.9 Å². The van der Waals surface area contributed by atoms with E-state index in [4.69, 9.17) is 16.3 Å². The van der Waals surface area contributed by atoms with Crippen LogP contribution in [0.25, 0.3) is 5.57 Å². The summed E-state index contributed by atoms with van der Waals surface area (Å²) in [6, 6.07) is 3.54. The summed E-state index contributed by atoms with van der Waals surface area (Å²) in [7, 11) is -1.90. The fourth-order valence-electron chi connectivity index (χ4n) is 1.14. The van der Waals surface area contributed by atoms with Crippen molar-refractivity contribution in [2.45, 2.75) is 6.92 Å². The number of methoxy groups -OCH3 is 1. The molecule has 1 aromatic heterocycles. The molecule has 0 fully saturated rings. The van der Waals surface area contributed by atoms with Gasteiger partial charge in [0, 0.05) is 18.5 Å². The van der Waals surface area contributed by atoms with Gasteiger partial charge in [0.05, 0.1) is 16.4 Å². The maximum absolute atomic E-state index is 11.6. The fourth-order valence-corrected chi connectivity index (χ4v) is 3.28. The van der Waals surface area contributed by atoms with Gasteiger partial charge in [-0.25, -0.2) is 13.1 Å². The number of hydrogen-bond acceptors (Lipinski definition) is 4. The molecule has 0 amide bonds. The zero-order chi connectivity index (χ0) is 12.9. The molecule has 1 N–H and O–H groups in total. The third-order valence-electron chi connectivity index (χ3n) is 1.90. The second-order valence-electron chi connectivity index (χ2n) is 3.34. The van der Waals surface area contributed by atoms with Crippen LogP contribution in [0.5, 0.6) is 0 Å². The summed E-state index contributed by atoms with van der Waals surface area (Å²) in [5.41, 5.74) is 0.659. The number of thiophene rings is 1. The van der Waals surface area contributed by atoms with Gasteiger partial charge >= 0.3 is 0 Å². The van der Waals surface area contributed by atoms with Crippen molar-refractivity contribution in [1.29, 1.82) is 0 Å². The predicted molar refractivity (Wildman–Crippen MR) is 71.8 cm³/mol. The lowest BCUT2D eigenvalue weighted by Crippen LogP contribution is -2.25. The number of rotatable bonds is 6. The molecule has 0 bridgehead atoms. The summed E-state index contributed by atoms with van der Waals surface area (Å²) in [6.45, 7) is 2.34. The Morgan fingerprint density at radius 1 is 1.59 bits per heavy atom. The van der Waals surface area contributed by atoms with Crippen molar-refractivity contribution in [2.24, 2.45) is 0 Å². The van der Waals surface area contributed by atoms with E-state index < -0.39 is 10.0 Å². The number of ether oxygens (including phenoxy) is 1. The zero-order valence-corrected chi connectivity index (χ0v) is 12.0. The Morgan fingerprint density at radius 2 is 2.29 bits per heavy atom. The first kappa shape index (κ1) is 14.7. The van der Waals surface area contributed by atoms with Crippen LogP contribution in [0.15, 0.2) is 17.5 Å². The van der Waals surface area contributed by atoms with E-state index >= 15 is 0 Å². The van der Waals surface area contributed by atoms with E-state index in [0.29, 0.717) is 16.5 Å². The average molecular weight is 296 g/mol. The van der Waals surface area contributed by atoms with Gasteiger partial charge in [0.2, 0.25) is 10.0 Å². The van der Waals surface area contributed by atoms with Gasteiger partial charge in [-0.1, -0.05) is 11.6 Å². The molecule has 0 atom stereocenters. The highest BCUT2D eigenvalue weighted by molar-refractivity contribution is 7.92. The summed E-state index contributed by atoms with van der Waals surface area (Å²) in [4.78, 5) is 0.840. The number of sulfonamides is 1. The Balaban J connectivity index is 2.73. The first-order valence-corrected chi connectivity index (χ1v) is 7.61. The van der Waals surface area contributed by atoms with E-state index in [0.717, 1.165) is 4.88 Å². The highest BCUT2D eigenvalue weighted by atomic mass is 35.5.